The number of hydrogen-bond donors (Lipinski definition) is 2. The Bertz CT molecular complexity index is 93.1. The lowest BCUT2D eigenvalue weighted by Gasteiger charge is -2.02. The highest BCUT2D eigenvalue weighted by Crippen LogP contribution is 2.01. The molecule has 3 N–H and O–H groups in total. The van der Waals surface area contributed by atoms with E-state index < -0.39 is 0 Å². The summed E-state index contributed by atoms with van der Waals surface area (Å²) in [5.74, 6) is -0.475. The van der Waals surface area contributed by atoms with Crippen molar-refractivity contribution in [2.24, 2.45) is 11.7 Å². The molecular weight excluding hydrogens is 118 g/mol. The number of hydrogen-bond acceptors (Lipinski definition) is 2. The predicted molar refractivity (Wildman–Crippen MR) is 34.4 cm³/mol. The van der Waals surface area contributed by atoms with Crippen LogP contribution in [0.15, 0.2) is 0 Å². The van der Waals surface area contributed by atoms with Gasteiger partial charge in [0.2, 0.25) is 5.91 Å². The smallest absolute Gasteiger partial charge is 0.220 e. The van der Waals surface area contributed by atoms with Gasteiger partial charge in [0.15, 0.2) is 0 Å². The Morgan fingerprint density at radius 2 is 2.44 bits per heavy atom. The number of aliphatic hydroxyl groups excluding tert-OH is 1. The maximum Gasteiger partial charge on any atom is 0.220 e. The molecule has 0 heterocycles. The van der Waals surface area contributed by atoms with Crippen molar-refractivity contribution in [2.45, 2.75) is 13.3 Å². The quantitative estimate of drug-likeness (QED) is 0.548. The molecular formula is C6H12NO2. The zero-order chi connectivity index (χ0) is 7.28. The summed E-state index contributed by atoms with van der Waals surface area (Å²) < 4.78 is 0. The van der Waals surface area contributed by atoms with Crippen molar-refractivity contribution >= 4 is 5.91 Å². The molecule has 1 atom stereocenters. The Hall–Kier alpha value is -0.570. The van der Waals surface area contributed by atoms with Crippen molar-refractivity contribution in [3.63, 3.8) is 0 Å². The standard InChI is InChI=1S/C6H12NO2/c1-5(6(7)9)3-2-4-8/h2,5,8H,3-4H2,1H3,(H2,7,9)/t5-/m1/s1. The van der Waals surface area contributed by atoms with Crippen LogP contribution in [0.2, 0.25) is 0 Å². The molecule has 3 nitrogen and oxygen atoms in total. The second-order valence-electron chi connectivity index (χ2n) is 2.01. The lowest BCUT2D eigenvalue weighted by atomic mass is 10.1. The largest absolute Gasteiger partial charge is 0.396 e. The number of primary amides is 1. The van der Waals surface area contributed by atoms with E-state index >= 15 is 0 Å². The van der Waals surface area contributed by atoms with Crippen LogP contribution in [-0.2, 0) is 4.79 Å². The third-order valence-electron chi connectivity index (χ3n) is 1.14. The lowest BCUT2D eigenvalue weighted by Crippen LogP contribution is -2.20. The van der Waals surface area contributed by atoms with E-state index in [-0.39, 0.29) is 18.4 Å². The molecule has 1 amide bonds. The Labute approximate surface area is 54.9 Å². The molecule has 0 rings (SSSR count). The highest BCUT2D eigenvalue weighted by molar-refractivity contribution is 5.76. The Balaban J connectivity index is 3.27. The van der Waals surface area contributed by atoms with E-state index in [1.165, 1.54) is 0 Å². The van der Waals surface area contributed by atoms with Crippen LogP contribution in [0.25, 0.3) is 0 Å². The molecule has 0 aliphatic heterocycles. The van der Waals surface area contributed by atoms with Crippen LogP contribution in [0.4, 0.5) is 0 Å². The first-order valence-corrected chi connectivity index (χ1v) is 2.90. The fourth-order valence-corrected chi connectivity index (χ4v) is 0.441. The third kappa shape index (κ3) is 3.97. The van der Waals surface area contributed by atoms with Crippen molar-refractivity contribution < 1.29 is 9.90 Å². The molecule has 0 aliphatic carbocycles. The van der Waals surface area contributed by atoms with Crippen LogP contribution in [0.3, 0.4) is 0 Å². The van der Waals surface area contributed by atoms with Gasteiger partial charge >= 0.3 is 0 Å². The van der Waals surface area contributed by atoms with Gasteiger partial charge in [-0.2, -0.15) is 0 Å². The average Bonchev–Trinajstić information content (AvgIpc) is 1.82. The lowest BCUT2D eigenvalue weighted by molar-refractivity contribution is -0.121. The van der Waals surface area contributed by atoms with Crippen LogP contribution in [0.5, 0.6) is 0 Å². The fraction of sp³-hybridized carbons (Fsp3) is 0.667. The second-order valence-corrected chi connectivity index (χ2v) is 2.01. The molecule has 0 aromatic rings. The van der Waals surface area contributed by atoms with Gasteiger partial charge in [-0.05, 0) is 12.8 Å². The minimum Gasteiger partial charge on any atom is -0.396 e. The van der Waals surface area contributed by atoms with Crippen molar-refractivity contribution in [3.8, 4) is 0 Å². The normalized spacial score (nSPS) is 13.1. The maximum absolute atomic E-state index is 10.3. The van der Waals surface area contributed by atoms with Gasteiger partial charge in [0.25, 0.3) is 0 Å². The molecule has 0 aromatic carbocycles. The zero-order valence-corrected chi connectivity index (χ0v) is 5.50. The summed E-state index contributed by atoms with van der Waals surface area (Å²) in [6.07, 6.45) is 2.18. The summed E-state index contributed by atoms with van der Waals surface area (Å²) >= 11 is 0. The van der Waals surface area contributed by atoms with Gasteiger partial charge in [0.05, 0.1) is 0 Å². The number of amides is 1. The molecule has 9 heavy (non-hydrogen) atoms. The van der Waals surface area contributed by atoms with Gasteiger partial charge in [-0.3, -0.25) is 4.79 Å². The second kappa shape index (κ2) is 4.32. The third-order valence-corrected chi connectivity index (χ3v) is 1.14. The van der Waals surface area contributed by atoms with E-state index in [9.17, 15) is 4.79 Å². The molecule has 3 heteroatoms. The number of carbonyl (C=O) groups excluding carboxylic acids is 1. The average molecular weight is 130 g/mol. The number of carbonyl (C=O) groups is 1. The van der Waals surface area contributed by atoms with Gasteiger partial charge < -0.3 is 10.8 Å². The van der Waals surface area contributed by atoms with Crippen LogP contribution in [0.1, 0.15) is 13.3 Å². The zero-order valence-electron chi connectivity index (χ0n) is 5.50. The minimum absolute atomic E-state index is 0.0115. The first-order valence-electron chi connectivity index (χ1n) is 2.90. The molecule has 0 bridgehead atoms. The number of nitrogens with two attached hydrogens (primary N) is 1. The summed E-state index contributed by atoms with van der Waals surface area (Å²) in [4.78, 5) is 10.3. The summed E-state index contributed by atoms with van der Waals surface area (Å²) in [6, 6.07) is 0. The monoisotopic (exact) mass is 130 g/mol. The first kappa shape index (κ1) is 8.43. The number of rotatable bonds is 4. The van der Waals surface area contributed by atoms with Crippen LogP contribution < -0.4 is 5.73 Å². The van der Waals surface area contributed by atoms with Crippen LogP contribution >= 0.6 is 0 Å². The van der Waals surface area contributed by atoms with Gasteiger partial charge in [-0.1, -0.05) is 6.92 Å². The molecule has 1 radical (unpaired) electrons. The van der Waals surface area contributed by atoms with Gasteiger partial charge in [-0.25, -0.2) is 0 Å². The summed E-state index contributed by atoms with van der Waals surface area (Å²) in [5.41, 5.74) is 4.94. The first-order chi connectivity index (χ1) is 4.18. The Morgan fingerprint density at radius 3 is 2.78 bits per heavy atom. The molecule has 0 unspecified atom stereocenters. The highest BCUT2D eigenvalue weighted by Gasteiger charge is 2.06. The molecule has 0 aromatic heterocycles. The predicted octanol–water partition coefficient (Wildman–Crippen LogP) is -0.306. The van der Waals surface area contributed by atoms with Gasteiger partial charge in [0, 0.05) is 12.5 Å². The maximum atomic E-state index is 10.3. The Kier molecular flexibility index (Phi) is 4.05. The van der Waals surface area contributed by atoms with Gasteiger partial charge in [-0.15, -0.1) is 0 Å². The van der Waals surface area contributed by atoms with Crippen LogP contribution in [-0.4, -0.2) is 17.6 Å². The van der Waals surface area contributed by atoms with E-state index in [4.69, 9.17) is 10.8 Å². The van der Waals surface area contributed by atoms with E-state index in [0.717, 1.165) is 0 Å². The summed E-state index contributed by atoms with van der Waals surface area (Å²) in [7, 11) is 0. The van der Waals surface area contributed by atoms with Crippen molar-refractivity contribution in [1.29, 1.82) is 0 Å². The van der Waals surface area contributed by atoms with Crippen LogP contribution in [0, 0.1) is 12.3 Å². The van der Waals surface area contributed by atoms with E-state index in [0.29, 0.717) is 6.42 Å². The summed E-state index contributed by atoms with van der Waals surface area (Å²) in [5, 5.41) is 8.29. The molecule has 0 fully saturated rings. The van der Waals surface area contributed by atoms with Gasteiger partial charge in [0.1, 0.15) is 0 Å². The van der Waals surface area contributed by atoms with Crippen molar-refractivity contribution in [1.82, 2.24) is 0 Å². The van der Waals surface area contributed by atoms with E-state index in [1.807, 2.05) is 0 Å². The molecule has 53 valence electrons. The topological polar surface area (TPSA) is 63.3 Å². The Morgan fingerprint density at radius 1 is 1.89 bits per heavy atom. The molecule has 0 saturated carbocycles. The molecule has 0 saturated heterocycles. The summed E-state index contributed by atoms with van der Waals surface area (Å²) in [6.45, 7) is 1.74. The van der Waals surface area contributed by atoms with Crippen molar-refractivity contribution in [2.75, 3.05) is 6.61 Å². The van der Waals surface area contributed by atoms with E-state index in [1.54, 1.807) is 13.3 Å². The fourth-order valence-electron chi connectivity index (χ4n) is 0.441. The highest BCUT2D eigenvalue weighted by atomic mass is 16.2. The van der Waals surface area contributed by atoms with E-state index in [2.05, 4.69) is 0 Å². The molecule has 0 aliphatic rings. The van der Waals surface area contributed by atoms with Crippen molar-refractivity contribution in [3.05, 3.63) is 6.42 Å². The molecule has 0 spiro atoms. The minimum atomic E-state index is -0.320. The number of aliphatic hydroxyl groups is 1. The SMILES string of the molecule is C[C@H](C[CH]CO)C(N)=O.